The van der Waals surface area contributed by atoms with E-state index >= 15 is 0 Å². The van der Waals surface area contributed by atoms with Crippen molar-refractivity contribution in [2.75, 3.05) is 29.8 Å². The monoisotopic (exact) mass is 689 g/mol. The number of para-hydroxylation sites is 2. The second kappa shape index (κ2) is 14.2. The number of carbonyl (C=O) groups is 2. The Morgan fingerprint density at radius 3 is 2.66 bits per heavy atom. The third-order valence-corrected chi connectivity index (χ3v) is 7.10. The Labute approximate surface area is 254 Å². The fourth-order valence-corrected chi connectivity index (χ4v) is 5.41. The van der Waals surface area contributed by atoms with Gasteiger partial charge in [0.1, 0.15) is 5.75 Å². The molecule has 3 aromatic carbocycles. The van der Waals surface area contributed by atoms with Crippen LogP contribution in [0.4, 0.5) is 21.9 Å². The van der Waals surface area contributed by atoms with Gasteiger partial charge in [-0.3, -0.25) is 10.1 Å². The molecule has 4 rings (SSSR count). The molecule has 2 amide bonds. The van der Waals surface area contributed by atoms with E-state index in [4.69, 9.17) is 24.7 Å². The summed E-state index contributed by atoms with van der Waals surface area (Å²) >= 11 is 6.78. The van der Waals surface area contributed by atoms with E-state index in [9.17, 15) is 14.7 Å². The maximum Gasteiger partial charge on any atom is 0.412 e. The Morgan fingerprint density at radius 1 is 1.10 bits per heavy atom. The summed E-state index contributed by atoms with van der Waals surface area (Å²) in [7, 11) is 0. The summed E-state index contributed by atoms with van der Waals surface area (Å²) in [6.45, 7) is 2.25. The molecule has 0 aliphatic carbocycles. The van der Waals surface area contributed by atoms with Crippen molar-refractivity contribution in [3.63, 3.8) is 0 Å². The highest BCUT2D eigenvalue weighted by Gasteiger charge is 2.31. The van der Waals surface area contributed by atoms with Gasteiger partial charge in [0.25, 0.3) is 0 Å². The highest BCUT2D eigenvalue weighted by molar-refractivity contribution is 9.11. The van der Waals surface area contributed by atoms with Crippen molar-refractivity contribution in [2.24, 2.45) is 0 Å². The molecule has 216 valence electrons. The summed E-state index contributed by atoms with van der Waals surface area (Å²) in [6.07, 6.45) is 1.48. The summed E-state index contributed by atoms with van der Waals surface area (Å²) in [4.78, 5) is 25.4. The zero-order valence-electron chi connectivity index (χ0n) is 22.1. The number of hydrogen-bond acceptors (Lipinski definition) is 8. The first kappa shape index (κ1) is 30.2. The fourth-order valence-electron chi connectivity index (χ4n) is 4.15. The number of benzene rings is 3. The van der Waals surface area contributed by atoms with Gasteiger partial charge in [-0.1, -0.05) is 34.1 Å². The molecule has 41 heavy (non-hydrogen) atoms. The van der Waals surface area contributed by atoms with Crippen LogP contribution in [0.2, 0.25) is 0 Å². The van der Waals surface area contributed by atoms with Gasteiger partial charge in [0.05, 0.1) is 22.0 Å². The van der Waals surface area contributed by atoms with Crippen molar-refractivity contribution in [3.05, 3.63) is 81.3 Å². The molecule has 0 unspecified atom stereocenters. The molecule has 0 spiro atoms. The predicted octanol–water partition coefficient (Wildman–Crippen LogP) is 6.90. The van der Waals surface area contributed by atoms with Crippen LogP contribution in [-0.2, 0) is 14.3 Å². The highest BCUT2D eigenvalue weighted by Crippen LogP contribution is 2.40. The maximum absolute atomic E-state index is 13.1. The van der Waals surface area contributed by atoms with Gasteiger partial charge in [-0.15, -0.1) is 0 Å². The number of aromatic hydroxyl groups is 1. The van der Waals surface area contributed by atoms with Gasteiger partial charge in [0.2, 0.25) is 12.7 Å². The number of amides is 2. The number of phenols is 1. The third-order valence-electron chi connectivity index (χ3n) is 6.04. The SMILES string of the molecule is CCO[C@H](CC/C=C/C(=O)Nc1ccccc1N)[C@H](OC(=O)Nc1ccc2c(c1)OCO2)c1cc(Br)cc(Br)c1O. The summed E-state index contributed by atoms with van der Waals surface area (Å²) in [5, 5.41) is 16.3. The van der Waals surface area contributed by atoms with Crippen LogP contribution >= 0.6 is 31.9 Å². The molecule has 2 atom stereocenters. The van der Waals surface area contributed by atoms with Gasteiger partial charge >= 0.3 is 6.09 Å². The first-order valence-corrected chi connectivity index (χ1v) is 14.3. The molecule has 0 aromatic heterocycles. The number of fused-ring (bicyclic) bond motifs is 1. The third kappa shape index (κ3) is 8.15. The molecule has 0 fully saturated rings. The molecular weight excluding hydrogens is 662 g/mol. The lowest BCUT2D eigenvalue weighted by Gasteiger charge is -2.28. The number of allylic oxidation sites excluding steroid dienone is 1. The minimum Gasteiger partial charge on any atom is -0.506 e. The van der Waals surface area contributed by atoms with Crippen LogP contribution in [0.1, 0.15) is 31.4 Å². The standard InChI is InChI=1S/C29H29Br2N3O7/c1-2-38-24(9-5-6-10-26(35)34-22-8-4-3-7-21(22)32)28(19-13-17(30)14-20(31)27(19)36)41-29(37)33-18-11-12-23-25(15-18)40-16-39-23/h3-4,6-8,10-15,24,28,36H,2,5,9,16,32H2,1H3,(H,33,37)(H,34,35)/b10-6+/t24-,28-/m1/s1. The molecular formula is C29H29Br2N3O7. The lowest BCUT2D eigenvalue weighted by Crippen LogP contribution is -2.29. The molecule has 10 nitrogen and oxygen atoms in total. The molecule has 0 saturated carbocycles. The van der Waals surface area contributed by atoms with Gasteiger partial charge < -0.3 is 35.1 Å². The van der Waals surface area contributed by atoms with E-state index in [1.165, 1.54) is 6.08 Å². The van der Waals surface area contributed by atoms with Crippen molar-refractivity contribution >= 4 is 60.9 Å². The van der Waals surface area contributed by atoms with Gasteiger partial charge in [-0.2, -0.15) is 0 Å². The van der Waals surface area contributed by atoms with E-state index < -0.39 is 18.3 Å². The van der Waals surface area contributed by atoms with Gasteiger partial charge in [-0.25, -0.2) is 4.79 Å². The van der Waals surface area contributed by atoms with Gasteiger partial charge in [0.15, 0.2) is 17.6 Å². The zero-order chi connectivity index (χ0) is 29.4. The second-order valence-corrected chi connectivity index (χ2v) is 10.7. The number of hydrogen-bond donors (Lipinski definition) is 4. The normalized spacial score (nSPS) is 13.5. The average Bonchev–Trinajstić information content (AvgIpc) is 3.40. The number of carbonyl (C=O) groups excluding carboxylic acids is 2. The molecule has 1 heterocycles. The first-order valence-electron chi connectivity index (χ1n) is 12.7. The molecule has 0 radical (unpaired) electrons. The summed E-state index contributed by atoms with van der Waals surface area (Å²) < 4.78 is 23.6. The average molecular weight is 691 g/mol. The van der Waals surface area contributed by atoms with E-state index in [0.717, 1.165) is 0 Å². The Hall–Kier alpha value is -3.74. The summed E-state index contributed by atoms with van der Waals surface area (Å²) in [6, 6.07) is 15.3. The minimum atomic E-state index is -0.996. The largest absolute Gasteiger partial charge is 0.506 e. The number of phenolic OH excluding ortho intramolecular Hbond substituents is 1. The van der Waals surface area contributed by atoms with Crippen molar-refractivity contribution in [1.29, 1.82) is 0 Å². The van der Waals surface area contributed by atoms with Crippen LogP contribution in [-0.4, -0.2) is 36.6 Å². The van der Waals surface area contributed by atoms with Gasteiger partial charge in [0, 0.05) is 28.4 Å². The van der Waals surface area contributed by atoms with Crippen LogP contribution < -0.4 is 25.8 Å². The zero-order valence-corrected chi connectivity index (χ0v) is 25.2. The van der Waals surface area contributed by atoms with Gasteiger partial charge in [-0.05, 0) is 78.2 Å². The van der Waals surface area contributed by atoms with Crippen LogP contribution in [0.25, 0.3) is 0 Å². The molecule has 1 aliphatic heterocycles. The van der Waals surface area contributed by atoms with Crippen LogP contribution in [0.5, 0.6) is 17.2 Å². The Balaban J connectivity index is 1.49. The quantitative estimate of drug-likeness (QED) is 0.126. The molecule has 5 N–H and O–H groups in total. The molecule has 12 heteroatoms. The second-order valence-electron chi connectivity index (χ2n) is 8.89. The number of anilines is 3. The molecule has 0 saturated heterocycles. The van der Waals surface area contributed by atoms with Crippen molar-refractivity contribution in [3.8, 4) is 17.2 Å². The number of ether oxygens (including phenoxy) is 4. The Bertz CT molecular complexity index is 1430. The topological polar surface area (TPSA) is 141 Å². The molecule has 0 bridgehead atoms. The van der Waals surface area contributed by atoms with Crippen molar-refractivity contribution in [2.45, 2.75) is 32.0 Å². The fraction of sp³-hybridized carbons (Fsp3) is 0.241. The van der Waals surface area contributed by atoms with E-state index in [2.05, 4.69) is 42.5 Å². The maximum atomic E-state index is 13.1. The number of nitrogen functional groups attached to an aromatic ring is 1. The van der Waals surface area contributed by atoms with E-state index in [0.29, 0.717) is 62.5 Å². The molecule has 3 aromatic rings. The smallest absolute Gasteiger partial charge is 0.412 e. The first-order chi connectivity index (χ1) is 19.7. The highest BCUT2D eigenvalue weighted by atomic mass is 79.9. The Kier molecular flexibility index (Phi) is 10.5. The Morgan fingerprint density at radius 2 is 1.88 bits per heavy atom. The number of rotatable bonds is 11. The minimum absolute atomic E-state index is 0.0887. The number of nitrogens with two attached hydrogens (primary N) is 1. The van der Waals surface area contributed by atoms with Crippen molar-refractivity contribution < 1.29 is 33.6 Å². The lowest BCUT2D eigenvalue weighted by atomic mass is 9.99. The number of halogens is 2. The van der Waals surface area contributed by atoms with E-state index in [1.807, 2.05) is 6.92 Å². The van der Waals surface area contributed by atoms with E-state index in [1.54, 1.807) is 60.7 Å². The lowest BCUT2D eigenvalue weighted by molar-refractivity contribution is -0.111. The summed E-state index contributed by atoms with van der Waals surface area (Å²) in [5.74, 6) is 0.663. The predicted molar refractivity (Wildman–Crippen MR) is 162 cm³/mol. The number of nitrogens with one attached hydrogen (secondary N) is 2. The molecule has 1 aliphatic rings. The van der Waals surface area contributed by atoms with Crippen LogP contribution in [0.15, 0.2) is 75.7 Å². The summed E-state index contributed by atoms with van der Waals surface area (Å²) in [5.41, 5.74) is 7.66. The van der Waals surface area contributed by atoms with E-state index in [-0.39, 0.29) is 18.4 Å². The van der Waals surface area contributed by atoms with Crippen molar-refractivity contribution in [1.82, 2.24) is 0 Å². The van der Waals surface area contributed by atoms with Crippen LogP contribution in [0, 0.1) is 0 Å². The van der Waals surface area contributed by atoms with Crippen LogP contribution in [0.3, 0.4) is 0 Å².